The summed E-state index contributed by atoms with van der Waals surface area (Å²) in [6.45, 7) is 8.75. The summed E-state index contributed by atoms with van der Waals surface area (Å²) in [5.41, 5.74) is 0. The second-order valence-corrected chi connectivity index (χ2v) is 3.52. The van der Waals surface area contributed by atoms with Gasteiger partial charge in [-0.05, 0) is 12.8 Å². The van der Waals surface area contributed by atoms with Gasteiger partial charge in [-0.3, -0.25) is 0 Å². The topological polar surface area (TPSA) is 6.48 Å². The highest BCUT2D eigenvalue weighted by atomic mass is 15.2. The lowest BCUT2D eigenvalue weighted by Crippen LogP contribution is -2.22. The zero-order chi connectivity index (χ0) is 8.97. The highest BCUT2D eigenvalue weighted by molar-refractivity contribution is 5.00. The van der Waals surface area contributed by atoms with Gasteiger partial charge in [0.1, 0.15) is 0 Å². The lowest BCUT2D eigenvalue weighted by molar-refractivity contribution is 0.388. The summed E-state index contributed by atoms with van der Waals surface area (Å²) in [4.78, 5) is 4.38. The Morgan fingerprint density at radius 3 is 1.92 bits per heavy atom. The van der Waals surface area contributed by atoms with Crippen LogP contribution in [0.5, 0.6) is 0 Å². The van der Waals surface area contributed by atoms with Gasteiger partial charge in [0.15, 0.2) is 0 Å². The first-order chi connectivity index (χ1) is 5.72. The maximum Gasteiger partial charge on any atom is 0.0243 e. The predicted octanol–water partition coefficient (Wildman–Crippen LogP) is 2.22. The van der Waals surface area contributed by atoms with Crippen LogP contribution in [0.15, 0.2) is 24.8 Å². The summed E-state index contributed by atoms with van der Waals surface area (Å²) in [5, 5.41) is 0. The van der Waals surface area contributed by atoms with E-state index in [1.54, 1.807) is 0 Å². The zero-order valence-corrected chi connectivity index (χ0v) is 8.20. The van der Waals surface area contributed by atoms with E-state index in [2.05, 4.69) is 55.4 Å². The smallest absolute Gasteiger partial charge is 0.0243 e. The average Bonchev–Trinajstić information content (AvgIpc) is 2.05. The van der Waals surface area contributed by atoms with Gasteiger partial charge in [-0.25, -0.2) is 0 Å². The van der Waals surface area contributed by atoms with Gasteiger partial charge >= 0.3 is 0 Å². The van der Waals surface area contributed by atoms with Gasteiger partial charge in [-0.15, -0.1) is 0 Å². The van der Waals surface area contributed by atoms with Crippen LogP contribution in [-0.4, -0.2) is 22.9 Å². The number of nitrogens with zero attached hydrogens (tertiary/aromatic N) is 2. The van der Waals surface area contributed by atoms with Gasteiger partial charge < -0.3 is 9.80 Å². The molecule has 1 heterocycles. The van der Waals surface area contributed by atoms with E-state index < -0.39 is 0 Å². The lowest BCUT2D eigenvalue weighted by atomic mass is 10.2. The van der Waals surface area contributed by atoms with Crippen molar-refractivity contribution in [2.45, 2.75) is 20.8 Å². The van der Waals surface area contributed by atoms with Crippen LogP contribution in [0.3, 0.4) is 0 Å². The van der Waals surface area contributed by atoms with Crippen molar-refractivity contribution in [3.8, 4) is 0 Å². The summed E-state index contributed by atoms with van der Waals surface area (Å²) >= 11 is 0. The van der Waals surface area contributed by atoms with Crippen molar-refractivity contribution >= 4 is 0 Å². The third kappa shape index (κ3) is 2.61. The van der Waals surface area contributed by atoms with E-state index in [0.29, 0.717) is 5.92 Å². The van der Waals surface area contributed by atoms with Gasteiger partial charge in [0, 0.05) is 37.9 Å². The lowest BCUT2D eigenvalue weighted by Gasteiger charge is -2.25. The predicted molar refractivity (Wildman–Crippen MR) is 52.2 cm³/mol. The molecule has 2 nitrogen and oxygen atoms in total. The molecule has 0 aromatic carbocycles. The first-order valence-corrected chi connectivity index (χ1v) is 4.60. The first kappa shape index (κ1) is 9.17. The molecule has 68 valence electrons. The molecular weight excluding hydrogens is 148 g/mol. The zero-order valence-electron chi connectivity index (χ0n) is 8.20. The molecule has 1 aliphatic heterocycles. The number of hydrogen-bond donors (Lipinski definition) is 0. The quantitative estimate of drug-likeness (QED) is 0.634. The summed E-state index contributed by atoms with van der Waals surface area (Å²) in [6, 6.07) is 0. The molecule has 0 radical (unpaired) electrons. The van der Waals surface area contributed by atoms with Crippen LogP contribution < -0.4 is 0 Å². The standard InChI is InChI=1S/C10H18N2/c1-4-11-5-7-12(8-6-11)9-10(2)3/h5-8,10H,4,9H2,1-3H3. The molecule has 0 fully saturated rings. The average molecular weight is 166 g/mol. The maximum atomic E-state index is 2.23. The van der Waals surface area contributed by atoms with E-state index in [1.807, 2.05) is 0 Å². The van der Waals surface area contributed by atoms with Crippen molar-refractivity contribution in [3.05, 3.63) is 24.8 Å². The van der Waals surface area contributed by atoms with E-state index in [9.17, 15) is 0 Å². The molecule has 0 unspecified atom stereocenters. The second kappa shape index (κ2) is 4.19. The number of rotatable bonds is 3. The summed E-state index contributed by atoms with van der Waals surface area (Å²) in [6.07, 6.45) is 8.48. The molecule has 0 N–H and O–H groups in total. The summed E-state index contributed by atoms with van der Waals surface area (Å²) in [7, 11) is 0. The molecule has 1 rings (SSSR count). The largest absolute Gasteiger partial charge is 0.352 e. The highest BCUT2D eigenvalue weighted by Crippen LogP contribution is 2.06. The van der Waals surface area contributed by atoms with Crippen molar-refractivity contribution in [1.82, 2.24) is 9.80 Å². The van der Waals surface area contributed by atoms with Gasteiger partial charge in [-0.2, -0.15) is 0 Å². The Labute approximate surface area is 75.2 Å². The molecule has 0 saturated carbocycles. The Kier molecular flexibility index (Phi) is 3.20. The first-order valence-electron chi connectivity index (χ1n) is 4.60. The van der Waals surface area contributed by atoms with Crippen LogP contribution in [0.2, 0.25) is 0 Å². The van der Waals surface area contributed by atoms with Crippen molar-refractivity contribution in [2.24, 2.45) is 5.92 Å². The van der Waals surface area contributed by atoms with E-state index in [4.69, 9.17) is 0 Å². The van der Waals surface area contributed by atoms with Crippen LogP contribution in [0.4, 0.5) is 0 Å². The fraction of sp³-hybridized carbons (Fsp3) is 0.600. The molecular formula is C10H18N2. The van der Waals surface area contributed by atoms with Crippen molar-refractivity contribution in [2.75, 3.05) is 13.1 Å². The van der Waals surface area contributed by atoms with Gasteiger partial charge in [-0.1, -0.05) is 13.8 Å². The molecule has 2 heteroatoms. The van der Waals surface area contributed by atoms with Crippen LogP contribution >= 0.6 is 0 Å². The third-order valence-electron chi connectivity index (χ3n) is 1.84. The molecule has 0 aliphatic carbocycles. The molecule has 0 aromatic rings. The maximum absolute atomic E-state index is 2.23. The Morgan fingerprint density at radius 2 is 1.50 bits per heavy atom. The summed E-state index contributed by atoms with van der Waals surface area (Å²) < 4.78 is 0. The van der Waals surface area contributed by atoms with Crippen LogP contribution in [0.1, 0.15) is 20.8 Å². The van der Waals surface area contributed by atoms with E-state index >= 15 is 0 Å². The minimum atomic E-state index is 0.715. The minimum absolute atomic E-state index is 0.715. The number of hydrogen-bond acceptors (Lipinski definition) is 2. The van der Waals surface area contributed by atoms with Crippen LogP contribution in [-0.2, 0) is 0 Å². The van der Waals surface area contributed by atoms with Gasteiger partial charge in [0.2, 0.25) is 0 Å². The third-order valence-corrected chi connectivity index (χ3v) is 1.84. The molecule has 0 spiro atoms. The molecule has 0 bridgehead atoms. The fourth-order valence-corrected chi connectivity index (χ4v) is 1.20. The van der Waals surface area contributed by atoms with Gasteiger partial charge in [0.25, 0.3) is 0 Å². The summed E-state index contributed by atoms with van der Waals surface area (Å²) in [5.74, 6) is 0.715. The normalized spacial score (nSPS) is 16.3. The highest BCUT2D eigenvalue weighted by Gasteiger charge is 2.03. The Bertz CT molecular complexity index is 168. The molecule has 0 amide bonds. The molecule has 0 aromatic heterocycles. The molecule has 0 saturated heterocycles. The SMILES string of the molecule is CCN1C=CN(CC(C)C)C=C1. The van der Waals surface area contributed by atoms with Crippen LogP contribution in [0.25, 0.3) is 0 Å². The Balaban J connectivity index is 2.38. The molecule has 1 aliphatic rings. The van der Waals surface area contributed by atoms with Crippen LogP contribution in [0, 0.1) is 5.92 Å². The minimum Gasteiger partial charge on any atom is -0.352 e. The van der Waals surface area contributed by atoms with E-state index in [-0.39, 0.29) is 0 Å². The monoisotopic (exact) mass is 166 g/mol. The Morgan fingerprint density at radius 1 is 1.00 bits per heavy atom. The van der Waals surface area contributed by atoms with Crippen molar-refractivity contribution < 1.29 is 0 Å². The van der Waals surface area contributed by atoms with E-state index in [0.717, 1.165) is 13.1 Å². The van der Waals surface area contributed by atoms with Crippen molar-refractivity contribution in [3.63, 3.8) is 0 Å². The molecule has 0 atom stereocenters. The van der Waals surface area contributed by atoms with E-state index in [1.165, 1.54) is 0 Å². The van der Waals surface area contributed by atoms with Crippen molar-refractivity contribution in [1.29, 1.82) is 0 Å². The second-order valence-electron chi connectivity index (χ2n) is 3.52. The Hall–Kier alpha value is -0.920. The molecule has 12 heavy (non-hydrogen) atoms. The fourth-order valence-electron chi connectivity index (χ4n) is 1.20. The van der Waals surface area contributed by atoms with Gasteiger partial charge in [0.05, 0.1) is 0 Å².